The van der Waals surface area contributed by atoms with Crippen molar-refractivity contribution < 1.29 is 9.15 Å². The van der Waals surface area contributed by atoms with Crippen molar-refractivity contribution in [1.82, 2.24) is 15.5 Å². The molecule has 1 aliphatic heterocycles. The van der Waals surface area contributed by atoms with Crippen LogP contribution >= 0.6 is 0 Å². The minimum Gasteiger partial charge on any atom is -0.467 e. The Hall–Kier alpha value is -1.53. The summed E-state index contributed by atoms with van der Waals surface area (Å²) in [5, 5.41) is 6.69. The van der Waals surface area contributed by atoms with Gasteiger partial charge in [0.1, 0.15) is 5.76 Å². The normalized spacial score (nSPS) is 18.8. The van der Waals surface area contributed by atoms with E-state index < -0.39 is 0 Å². The molecule has 0 aliphatic carbocycles. The Morgan fingerprint density at radius 2 is 2.10 bits per heavy atom. The van der Waals surface area contributed by atoms with E-state index in [4.69, 9.17) is 9.15 Å². The van der Waals surface area contributed by atoms with Crippen LogP contribution in [0.3, 0.4) is 0 Å². The fourth-order valence-electron chi connectivity index (χ4n) is 2.59. The SMILES string of the molecule is CN=C(NCc1ccco1)NCC1(N(C)C)CCOCC1. The van der Waals surface area contributed by atoms with Crippen molar-refractivity contribution in [3.63, 3.8) is 0 Å². The van der Waals surface area contributed by atoms with Gasteiger partial charge >= 0.3 is 0 Å². The summed E-state index contributed by atoms with van der Waals surface area (Å²) in [5.41, 5.74) is 0.126. The molecule has 0 aromatic carbocycles. The summed E-state index contributed by atoms with van der Waals surface area (Å²) >= 11 is 0. The molecule has 2 N–H and O–H groups in total. The lowest BCUT2D eigenvalue weighted by Gasteiger charge is -2.43. The highest BCUT2D eigenvalue weighted by atomic mass is 16.5. The van der Waals surface area contributed by atoms with Crippen molar-refractivity contribution in [1.29, 1.82) is 0 Å². The van der Waals surface area contributed by atoms with Gasteiger partial charge in [0, 0.05) is 32.3 Å². The molecular weight excluding hydrogens is 268 g/mol. The standard InChI is InChI=1S/C15H26N4O2/c1-16-14(17-11-13-5-4-8-21-13)18-12-15(19(2)3)6-9-20-10-7-15/h4-5,8H,6-7,9-12H2,1-3H3,(H2,16,17,18). The number of hydrogen-bond donors (Lipinski definition) is 2. The molecular formula is C15H26N4O2. The van der Waals surface area contributed by atoms with Crippen LogP contribution < -0.4 is 10.6 Å². The number of ether oxygens (including phenoxy) is 1. The Kier molecular flexibility index (Phi) is 5.64. The van der Waals surface area contributed by atoms with Crippen LogP contribution in [-0.4, -0.2) is 57.3 Å². The first-order chi connectivity index (χ1) is 10.2. The minimum atomic E-state index is 0.126. The van der Waals surface area contributed by atoms with Crippen molar-refractivity contribution in [2.75, 3.05) is 40.9 Å². The smallest absolute Gasteiger partial charge is 0.191 e. The summed E-state index contributed by atoms with van der Waals surface area (Å²) in [7, 11) is 6.04. The monoisotopic (exact) mass is 294 g/mol. The summed E-state index contributed by atoms with van der Waals surface area (Å²) in [6, 6.07) is 3.83. The van der Waals surface area contributed by atoms with E-state index >= 15 is 0 Å². The average molecular weight is 294 g/mol. The molecule has 118 valence electrons. The van der Waals surface area contributed by atoms with Crippen LogP contribution in [0.2, 0.25) is 0 Å². The first-order valence-corrected chi connectivity index (χ1v) is 7.38. The molecule has 6 nitrogen and oxygen atoms in total. The van der Waals surface area contributed by atoms with E-state index in [1.54, 1.807) is 13.3 Å². The Balaban J connectivity index is 1.86. The quantitative estimate of drug-likeness (QED) is 0.628. The van der Waals surface area contributed by atoms with Crippen molar-refractivity contribution in [2.24, 2.45) is 4.99 Å². The molecule has 1 aliphatic rings. The molecule has 0 radical (unpaired) electrons. The number of nitrogens with zero attached hydrogens (tertiary/aromatic N) is 2. The maximum Gasteiger partial charge on any atom is 0.191 e. The largest absolute Gasteiger partial charge is 0.467 e. The second kappa shape index (κ2) is 7.47. The second-order valence-electron chi connectivity index (χ2n) is 5.59. The van der Waals surface area contributed by atoms with Crippen molar-refractivity contribution in [2.45, 2.75) is 24.9 Å². The summed E-state index contributed by atoms with van der Waals surface area (Å²) in [6.45, 7) is 3.11. The van der Waals surface area contributed by atoms with Crippen molar-refractivity contribution in [3.05, 3.63) is 24.2 Å². The molecule has 6 heteroatoms. The minimum absolute atomic E-state index is 0.126. The van der Waals surface area contributed by atoms with Gasteiger partial charge in [-0.3, -0.25) is 4.99 Å². The Morgan fingerprint density at radius 3 is 2.67 bits per heavy atom. The molecule has 0 saturated carbocycles. The predicted octanol–water partition coefficient (Wildman–Crippen LogP) is 1.06. The van der Waals surface area contributed by atoms with Crippen molar-refractivity contribution >= 4 is 5.96 Å². The first kappa shape index (κ1) is 15.9. The molecule has 1 saturated heterocycles. The molecule has 0 atom stereocenters. The Bertz CT molecular complexity index is 437. The molecule has 1 aromatic rings. The molecule has 0 spiro atoms. The molecule has 0 amide bonds. The summed E-state index contributed by atoms with van der Waals surface area (Å²) in [5.74, 6) is 1.69. The van der Waals surface area contributed by atoms with Crippen LogP contribution in [0, 0.1) is 0 Å². The zero-order valence-electron chi connectivity index (χ0n) is 13.2. The maximum absolute atomic E-state index is 5.49. The van der Waals surface area contributed by atoms with Gasteiger partial charge in [-0.2, -0.15) is 0 Å². The number of furan rings is 1. The number of nitrogens with one attached hydrogen (secondary N) is 2. The third kappa shape index (κ3) is 4.22. The number of aliphatic imine (C=N–C) groups is 1. The van der Waals surface area contributed by atoms with Gasteiger partial charge in [-0.25, -0.2) is 0 Å². The highest BCUT2D eigenvalue weighted by Crippen LogP contribution is 2.24. The predicted molar refractivity (Wildman–Crippen MR) is 83.4 cm³/mol. The van der Waals surface area contributed by atoms with Gasteiger partial charge in [-0.15, -0.1) is 0 Å². The second-order valence-corrected chi connectivity index (χ2v) is 5.59. The lowest BCUT2D eigenvalue weighted by Crippen LogP contribution is -2.57. The third-order valence-corrected chi connectivity index (χ3v) is 4.19. The van der Waals surface area contributed by atoms with E-state index in [9.17, 15) is 0 Å². The van der Waals surface area contributed by atoms with Gasteiger partial charge in [0.05, 0.1) is 12.8 Å². The number of hydrogen-bond acceptors (Lipinski definition) is 4. The lowest BCUT2D eigenvalue weighted by atomic mass is 9.88. The van der Waals surface area contributed by atoms with Gasteiger partial charge in [0.15, 0.2) is 5.96 Å². The van der Waals surface area contributed by atoms with E-state index in [1.807, 2.05) is 12.1 Å². The van der Waals surface area contributed by atoms with Gasteiger partial charge in [-0.05, 0) is 39.1 Å². The molecule has 0 unspecified atom stereocenters. The number of likely N-dealkylation sites (N-methyl/N-ethyl adjacent to an activating group) is 1. The molecule has 0 bridgehead atoms. The van der Waals surface area contributed by atoms with Crippen LogP contribution in [0.25, 0.3) is 0 Å². The van der Waals surface area contributed by atoms with E-state index in [1.165, 1.54) is 0 Å². The molecule has 2 rings (SSSR count). The topological polar surface area (TPSA) is 62.0 Å². The van der Waals surface area contributed by atoms with E-state index in [0.717, 1.165) is 44.3 Å². The average Bonchev–Trinajstić information content (AvgIpc) is 3.01. The molecule has 1 fully saturated rings. The molecule has 2 heterocycles. The van der Waals surface area contributed by atoms with Gasteiger partial charge in [0.25, 0.3) is 0 Å². The van der Waals surface area contributed by atoms with E-state index in [-0.39, 0.29) is 5.54 Å². The Labute approximate surface area is 126 Å². The molecule has 1 aromatic heterocycles. The number of rotatable bonds is 5. The van der Waals surface area contributed by atoms with Crippen LogP contribution in [0.1, 0.15) is 18.6 Å². The zero-order chi connectivity index (χ0) is 15.1. The van der Waals surface area contributed by atoms with Crippen LogP contribution in [0.15, 0.2) is 27.8 Å². The summed E-state index contributed by atoms with van der Waals surface area (Å²) in [6.07, 6.45) is 3.74. The lowest BCUT2D eigenvalue weighted by molar-refractivity contribution is -0.00501. The van der Waals surface area contributed by atoms with Crippen LogP contribution in [-0.2, 0) is 11.3 Å². The van der Waals surface area contributed by atoms with Gasteiger partial charge < -0.3 is 24.7 Å². The summed E-state index contributed by atoms with van der Waals surface area (Å²) < 4.78 is 10.8. The van der Waals surface area contributed by atoms with E-state index in [0.29, 0.717) is 6.54 Å². The maximum atomic E-state index is 5.49. The van der Waals surface area contributed by atoms with Gasteiger partial charge in [-0.1, -0.05) is 0 Å². The highest BCUT2D eigenvalue weighted by molar-refractivity contribution is 5.79. The highest BCUT2D eigenvalue weighted by Gasteiger charge is 2.34. The fraction of sp³-hybridized carbons (Fsp3) is 0.667. The number of guanidine groups is 1. The van der Waals surface area contributed by atoms with Crippen LogP contribution in [0.5, 0.6) is 0 Å². The van der Waals surface area contributed by atoms with E-state index in [2.05, 4.69) is 34.6 Å². The van der Waals surface area contributed by atoms with Crippen molar-refractivity contribution in [3.8, 4) is 0 Å². The Morgan fingerprint density at radius 1 is 1.33 bits per heavy atom. The fourth-order valence-corrected chi connectivity index (χ4v) is 2.59. The van der Waals surface area contributed by atoms with Crippen LogP contribution in [0.4, 0.5) is 0 Å². The van der Waals surface area contributed by atoms with Gasteiger partial charge in [0.2, 0.25) is 0 Å². The molecule has 21 heavy (non-hydrogen) atoms. The zero-order valence-corrected chi connectivity index (χ0v) is 13.2. The summed E-state index contributed by atoms with van der Waals surface area (Å²) in [4.78, 5) is 6.56. The first-order valence-electron chi connectivity index (χ1n) is 7.38. The third-order valence-electron chi connectivity index (χ3n) is 4.19.